The third-order valence-corrected chi connectivity index (χ3v) is 4.85. The summed E-state index contributed by atoms with van der Waals surface area (Å²) in [6, 6.07) is 19.1. The molecule has 4 nitrogen and oxygen atoms in total. The lowest BCUT2D eigenvalue weighted by atomic mass is 9.88. The second-order valence-corrected chi connectivity index (χ2v) is 6.85. The van der Waals surface area contributed by atoms with Crippen molar-refractivity contribution in [3.8, 4) is 17.2 Å². The molecule has 0 bridgehead atoms. The molecule has 0 saturated carbocycles. The molecule has 1 aliphatic rings. The van der Waals surface area contributed by atoms with Crippen molar-refractivity contribution >= 4 is 11.1 Å². The van der Waals surface area contributed by atoms with Crippen LogP contribution in [-0.4, -0.2) is 16.7 Å². The van der Waals surface area contributed by atoms with Crippen molar-refractivity contribution < 1.29 is 14.6 Å². The summed E-state index contributed by atoms with van der Waals surface area (Å²) in [5.74, 6) is 1.84. The fourth-order valence-electron chi connectivity index (χ4n) is 3.51. The number of pyridine rings is 1. The Balaban J connectivity index is 1.80. The number of nitrogens with zero attached hydrogens (tertiary/aromatic N) is 1. The van der Waals surface area contributed by atoms with E-state index in [1.165, 1.54) is 0 Å². The van der Waals surface area contributed by atoms with Gasteiger partial charge < -0.3 is 14.6 Å². The number of hydrogen-bond donors (Lipinski definition) is 1. The first-order valence-electron chi connectivity index (χ1n) is 9.52. The number of aromatic nitrogens is 1. The van der Waals surface area contributed by atoms with E-state index >= 15 is 0 Å². The van der Waals surface area contributed by atoms with Crippen LogP contribution in [0.2, 0.25) is 0 Å². The molecular weight excluding hydrogens is 350 g/mol. The highest BCUT2D eigenvalue weighted by Crippen LogP contribution is 2.46. The van der Waals surface area contributed by atoms with Crippen molar-refractivity contribution in [2.45, 2.75) is 26.4 Å². The molecule has 2 heterocycles. The highest BCUT2D eigenvalue weighted by Gasteiger charge is 2.30. The van der Waals surface area contributed by atoms with Crippen molar-refractivity contribution in [2.75, 3.05) is 6.61 Å². The Morgan fingerprint density at radius 3 is 2.64 bits per heavy atom. The minimum Gasteiger partial charge on any atom is -0.508 e. The predicted octanol–water partition coefficient (Wildman–Crippen LogP) is 5.64. The van der Waals surface area contributed by atoms with Gasteiger partial charge in [-0.3, -0.25) is 4.98 Å². The second-order valence-electron chi connectivity index (χ2n) is 6.85. The molecule has 28 heavy (non-hydrogen) atoms. The zero-order valence-corrected chi connectivity index (χ0v) is 16.1. The molecule has 4 rings (SSSR count). The Hall–Kier alpha value is -3.27. The zero-order chi connectivity index (χ0) is 19.5. The quantitative estimate of drug-likeness (QED) is 0.629. The summed E-state index contributed by atoms with van der Waals surface area (Å²) in [6.07, 6.45) is 2.45. The lowest BCUT2D eigenvalue weighted by Crippen LogP contribution is -2.17. The van der Waals surface area contributed by atoms with Crippen molar-refractivity contribution in [1.29, 1.82) is 0 Å². The number of allylic oxidation sites excluding steroid dienone is 1. The van der Waals surface area contributed by atoms with Gasteiger partial charge in [-0.1, -0.05) is 31.2 Å². The first-order chi connectivity index (χ1) is 13.7. The van der Waals surface area contributed by atoms with E-state index in [0.29, 0.717) is 6.61 Å². The molecule has 1 aliphatic heterocycles. The molecule has 0 saturated heterocycles. The van der Waals surface area contributed by atoms with Crippen LogP contribution < -0.4 is 9.47 Å². The molecule has 0 amide bonds. The van der Waals surface area contributed by atoms with Crippen LogP contribution in [0.25, 0.3) is 11.1 Å². The van der Waals surface area contributed by atoms with Gasteiger partial charge in [0.2, 0.25) is 0 Å². The average Bonchev–Trinajstić information content (AvgIpc) is 2.72. The van der Waals surface area contributed by atoms with E-state index in [-0.39, 0.29) is 11.9 Å². The predicted molar refractivity (Wildman–Crippen MR) is 110 cm³/mol. The Bertz CT molecular complexity index is 1010. The number of aromatic hydroxyl groups is 1. The summed E-state index contributed by atoms with van der Waals surface area (Å²) in [6.45, 7) is 4.84. The smallest absolute Gasteiger partial charge is 0.150 e. The lowest BCUT2D eigenvalue weighted by Gasteiger charge is -2.30. The Morgan fingerprint density at radius 1 is 1.07 bits per heavy atom. The van der Waals surface area contributed by atoms with Gasteiger partial charge >= 0.3 is 0 Å². The van der Waals surface area contributed by atoms with Crippen LogP contribution >= 0.6 is 0 Å². The minimum absolute atomic E-state index is 0.228. The molecule has 3 aromatic rings. The van der Waals surface area contributed by atoms with Gasteiger partial charge in [0.25, 0.3) is 0 Å². The third-order valence-electron chi connectivity index (χ3n) is 4.85. The number of phenols is 1. The standard InChI is InChI=1S/C24H23NO3/c1-3-14-27-20-11-9-17(10-12-20)24-22(18-6-4-7-19(26)15-18)16(2)23-21(28-24)8-5-13-25-23/h4-13,15,24,26H,3,14H2,1-2H3. The molecule has 0 spiro atoms. The maximum atomic E-state index is 10.0. The molecule has 1 N–H and O–H groups in total. The number of rotatable bonds is 5. The molecule has 1 atom stereocenters. The summed E-state index contributed by atoms with van der Waals surface area (Å²) >= 11 is 0. The molecule has 142 valence electrons. The lowest BCUT2D eigenvalue weighted by molar-refractivity contribution is 0.258. The van der Waals surface area contributed by atoms with Crippen LogP contribution in [0.3, 0.4) is 0 Å². The van der Waals surface area contributed by atoms with Crippen molar-refractivity contribution in [2.24, 2.45) is 0 Å². The summed E-state index contributed by atoms with van der Waals surface area (Å²) in [4.78, 5) is 4.51. The van der Waals surface area contributed by atoms with Gasteiger partial charge in [0.05, 0.1) is 6.61 Å². The molecule has 1 aromatic heterocycles. The molecule has 0 radical (unpaired) electrons. The van der Waals surface area contributed by atoms with Crippen LogP contribution in [0, 0.1) is 0 Å². The van der Waals surface area contributed by atoms with Crippen molar-refractivity contribution in [3.05, 3.63) is 83.7 Å². The number of fused-ring (bicyclic) bond motifs is 1. The van der Waals surface area contributed by atoms with Crippen LogP contribution in [0.15, 0.2) is 66.9 Å². The van der Waals surface area contributed by atoms with Gasteiger partial charge in [0, 0.05) is 11.8 Å². The Morgan fingerprint density at radius 2 is 1.89 bits per heavy atom. The molecule has 1 unspecified atom stereocenters. The van der Waals surface area contributed by atoms with Gasteiger partial charge in [-0.15, -0.1) is 0 Å². The number of ether oxygens (including phenoxy) is 2. The highest BCUT2D eigenvalue weighted by molar-refractivity contribution is 5.94. The van der Waals surface area contributed by atoms with Gasteiger partial charge in [0.15, 0.2) is 0 Å². The van der Waals surface area contributed by atoms with Gasteiger partial charge in [0.1, 0.15) is 29.0 Å². The summed E-state index contributed by atoms with van der Waals surface area (Å²) in [5.41, 5.74) is 4.83. The largest absolute Gasteiger partial charge is 0.508 e. The Labute approximate surface area is 165 Å². The average molecular weight is 373 g/mol. The fraction of sp³-hybridized carbons (Fsp3) is 0.208. The highest BCUT2D eigenvalue weighted by atomic mass is 16.5. The van der Waals surface area contributed by atoms with Crippen molar-refractivity contribution in [3.63, 3.8) is 0 Å². The van der Waals surface area contributed by atoms with Gasteiger partial charge in [-0.05, 0) is 66.4 Å². The van der Waals surface area contributed by atoms with E-state index in [1.54, 1.807) is 18.3 Å². The molecule has 0 aliphatic carbocycles. The van der Waals surface area contributed by atoms with Crippen LogP contribution in [0.5, 0.6) is 17.2 Å². The summed E-state index contributed by atoms with van der Waals surface area (Å²) in [5, 5.41) is 10.0. The topological polar surface area (TPSA) is 51.6 Å². The molecular formula is C24H23NO3. The van der Waals surface area contributed by atoms with E-state index in [9.17, 15) is 5.11 Å². The number of hydrogen-bond acceptors (Lipinski definition) is 4. The van der Waals surface area contributed by atoms with E-state index in [4.69, 9.17) is 9.47 Å². The number of benzene rings is 2. The van der Waals surface area contributed by atoms with Crippen LogP contribution in [0.1, 0.15) is 43.2 Å². The third kappa shape index (κ3) is 3.46. The van der Waals surface area contributed by atoms with Crippen LogP contribution in [0.4, 0.5) is 0 Å². The van der Waals surface area contributed by atoms with E-state index < -0.39 is 0 Å². The maximum absolute atomic E-state index is 10.0. The summed E-state index contributed by atoms with van der Waals surface area (Å²) in [7, 11) is 0. The Kier molecular flexibility index (Phi) is 5.02. The van der Waals surface area contributed by atoms with Crippen molar-refractivity contribution in [1.82, 2.24) is 4.98 Å². The van der Waals surface area contributed by atoms with Gasteiger partial charge in [-0.2, -0.15) is 0 Å². The SMILES string of the molecule is CCCOc1ccc(C2Oc3cccnc3C(C)=C2c2cccc(O)c2)cc1. The number of phenolic OH excluding ortho intramolecular Hbond substituents is 1. The van der Waals surface area contributed by atoms with E-state index in [2.05, 4.69) is 18.8 Å². The molecule has 4 heteroatoms. The molecule has 2 aromatic carbocycles. The normalized spacial score (nSPS) is 15.7. The summed E-state index contributed by atoms with van der Waals surface area (Å²) < 4.78 is 12.1. The second kappa shape index (κ2) is 7.77. The van der Waals surface area contributed by atoms with Gasteiger partial charge in [-0.25, -0.2) is 0 Å². The first-order valence-corrected chi connectivity index (χ1v) is 9.52. The maximum Gasteiger partial charge on any atom is 0.150 e. The minimum atomic E-state index is -0.293. The van der Waals surface area contributed by atoms with E-state index in [0.717, 1.165) is 45.9 Å². The first kappa shape index (κ1) is 18.1. The molecule has 0 fully saturated rings. The monoisotopic (exact) mass is 373 g/mol. The fourth-order valence-corrected chi connectivity index (χ4v) is 3.51. The van der Waals surface area contributed by atoms with E-state index in [1.807, 2.05) is 48.5 Å². The van der Waals surface area contributed by atoms with Crippen LogP contribution in [-0.2, 0) is 0 Å². The zero-order valence-electron chi connectivity index (χ0n) is 16.1.